The third-order valence-electron chi connectivity index (χ3n) is 1.94. The van der Waals surface area contributed by atoms with Gasteiger partial charge >= 0.3 is 0 Å². The van der Waals surface area contributed by atoms with Gasteiger partial charge in [-0.3, -0.25) is 4.79 Å². The van der Waals surface area contributed by atoms with Crippen LogP contribution in [0.25, 0.3) is 0 Å². The average molecular weight is 209 g/mol. The van der Waals surface area contributed by atoms with Gasteiger partial charge in [0.05, 0.1) is 12.1 Å². The van der Waals surface area contributed by atoms with E-state index in [0.717, 1.165) is 17.1 Å². The van der Waals surface area contributed by atoms with Crippen molar-refractivity contribution in [1.82, 2.24) is 4.98 Å². The predicted octanol–water partition coefficient (Wildman–Crippen LogP) is 2.84. The molecule has 3 heteroatoms. The molecule has 76 valence electrons. The van der Waals surface area contributed by atoms with E-state index in [9.17, 15) is 4.79 Å². The van der Waals surface area contributed by atoms with Gasteiger partial charge in [0.1, 0.15) is 5.01 Å². The zero-order valence-electron chi connectivity index (χ0n) is 8.83. The lowest BCUT2D eigenvalue weighted by atomic mass is 10.2. The molecule has 0 fully saturated rings. The molecule has 0 aliphatic carbocycles. The van der Waals surface area contributed by atoms with E-state index in [4.69, 9.17) is 0 Å². The first-order chi connectivity index (χ1) is 6.63. The van der Waals surface area contributed by atoms with Crippen LogP contribution in [0.2, 0.25) is 0 Å². The quantitative estimate of drug-likeness (QED) is 0.714. The number of aromatic nitrogens is 1. The highest BCUT2D eigenvalue weighted by Crippen LogP contribution is 2.16. The summed E-state index contributed by atoms with van der Waals surface area (Å²) in [5, 5.41) is 0.922. The van der Waals surface area contributed by atoms with Crippen LogP contribution in [-0.2, 0) is 11.2 Å². The zero-order valence-corrected chi connectivity index (χ0v) is 9.65. The van der Waals surface area contributed by atoms with Crippen molar-refractivity contribution in [3.05, 3.63) is 27.7 Å². The van der Waals surface area contributed by atoms with Gasteiger partial charge in [-0.2, -0.15) is 0 Å². The number of rotatable bonds is 4. The molecule has 0 saturated carbocycles. The molecule has 0 amide bonds. The van der Waals surface area contributed by atoms with Crippen LogP contribution in [0.3, 0.4) is 0 Å². The van der Waals surface area contributed by atoms with Gasteiger partial charge in [-0.25, -0.2) is 4.98 Å². The summed E-state index contributed by atoms with van der Waals surface area (Å²) in [4.78, 5) is 16.9. The summed E-state index contributed by atoms with van der Waals surface area (Å²) < 4.78 is 0. The van der Waals surface area contributed by atoms with Crippen molar-refractivity contribution in [2.45, 2.75) is 33.6 Å². The lowest BCUT2D eigenvalue weighted by Gasteiger charge is -1.89. The molecule has 0 radical (unpaired) electrons. The Bertz CT molecular complexity index is 333. The van der Waals surface area contributed by atoms with Gasteiger partial charge < -0.3 is 0 Å². The van der Waals surface area contributed by atoms with Crippen LogP contribution in [0.5, 0.6) is 0 Å². The second-order valence-electron chi connectivity index (χ2n) is 3.20. The Balaban J connectivity index is 2.60. The van der Waals surface area contributed by atoms with Crippen LogP contribution < -0.4 is 0 Å². The zero-order chi connectivity index (χ0) is 10.6. The van der Waals surface area contributed by atoms with Crippen LogP contribution >= 0.6 is 11.3 Å². The molecule has 2 nitrogen and oxygen atoms in total. The van der Waals surface area contributed by atoms with Crippen LogP contribution in [-0.4, -0.2) is 10.8 Å². The van der Waals surface area contributed by atoms with E-state index in [1.807, 2.05) is 26.8 Å². The van der Waals surface area contributed by atoms with E-state index >= 15 is 0 Å². The SMILES string of the molecule is CC/C=C/C(=O)Cc1nc(C)c(C)s1. The molecule has 0 aromatic carbocycles. The lowest BCUT2D eigenvalue weighted by Crippen LogP contribution is -1.97. The molecule has 0 aliphatic rings. The van der Waals surface area contributed by atoms with E-state index in [2.05, 4.69) is 4.98 Å². The predicted molar refractivity (Wildman–Crippen MR) is 59.7 cm³/mol. The second-order valence-corrected chi connectivity index (χ2v) is 4.49. The molecule has 0 N–H and O–H groups in total. The minimum absolute atomic E-state index is 0.139. The number of ketones is 1. The van der Waals surface area contributed by atoms with E-state index in [1.165, 1.54) is 4.88 Å². The van der Waals surface area contributed by atoms with Gasteiger partial charge in [0.2, 0.25) is 0 Å². The summed E-state index contributed by atoms with van der Waals surface area (Å²) in [6, 6.07) is 0. The monoisotopic (exact) mass is 209 g/mol. The van der Waals surface area contributed by atoms with Crippen LogP contribution in [0, 0.1) is 13.8 Å². The van der Waals surface area contributed by atoms with E-state index in [0.29, 0.717) is 6.42 Å². The minimum atomic E-state index is 0.139. The number of thiazole rings is 1. The fourth-order valence-corrected chi connectivity index (χ4v) is 2.02. The second kappa shape index (κ2) is 5.05. The highest BCUT2D eigenvalue weighted by atomic mass is 32.1. The highest BCUT2D eigenvalue weighted by Gasteiger charge is 2.06. The first kappa shape index (κ1) is 11.1. The Labute approximate surface area is 88.7 Å². The molecule has 1 aromatic heterocycles. The Morgan fingerprint density at radius 1 is 1.50 bits per heavy atom. The molecule has 0 atom stereocenters. The number of allylic oxidation sites excluding steroid dienone is 2. The van der Waals surface area contributed by atoms with Gasteiger partial charge in [-0.05, 0) is 26.3 Å². The fraction of sp³-hybridized carbons (Fsp3) is 0.455. The molecule has 0 spiro atoms. The number of aryl methyl sites for hydroxylation is 2. The smallest absolute Gasteiger partial charge is 0.162 e. The Morgan fingerprint density at radius 3 is 2.71 bits per heavy atom. The maximum Gasteiger partial charge on any atom is 0.162 e. The van der Waals surface area contributed by atoms with Crippen molar-refractivity contribution >= 4 is 17.1 Å². The van der Waals surface area contributed by atoms with Crippen molar-refractivity contribution in [2.75, 3.05) is 0 Å². The summed E-state index contributed by atoms with van der Waals surface area (Å²) in [7, 11) is 0. The molecule has 1 aromatic rings. The van der Waals surface area contributed by atoms with E-state index in [1.54, 1.807) is 17.4 Å². The fourth-order valence-electron chi connectivity index (χ4n) is 1.07. The van der Waals surface area contributed by atoms with Gasteiger partial charge in [-0.15, -0.1) is 11.3 Å². The van der Waals surface area contributed by atoms with Crippen molar-refractivity contribution in [3.8, 4) is 0 Å². The van der Waals surface area contributed by atoms with Gasteiger partial charge in [0.25, 0.3) is 0 Å². The Morgan fingerprint density at radius 2 is 2.21 bits per heavy atom. The maximum absolute atomic E-state index is 11.4. The van der Waals surface area contributed by atoms with Crippen LogP contribution in [0.4, 0.5) is 0 Å². The maximum atomic E-state index is 11.4. The number of nitrogens with zero attached hydrogens (tertiary/aromatic N) is 1. The molecule has 0 aliphatic heterocycles. The molecule has 14 heavy (non-hydrogen) atoms. The van der Waals surface area contributed by atoms with Gasteiger partial charge in [-0.1, -0.05) is 13.0 Å². The third-order valence-corrected chi connectivity index (χ3v) is 3.01. The first-order valence-corrected chi connectivity index (χ1v) is 5.57. The van der Waals surface area contributed by atoms with E-state index in [-0.39, 0.29) is 5.78 Å². The molecule has 0 bridgehead atoms. The number of carbonyl (C=O) groups is 1. The number of carbonyl (C=O) groups excluding carboxylic acids is 1. The summed E-state index contributed by atoms with van der Waals surface area (Å²) in [6.45, 7) is 6.02. The standard InChI is InChI=1S/C11H15NOS/c1-4-5-6-10(13)7-11-12-8(2)9(3)14-11/h5-6H,4,7H2,1-3H3/b6-5+. The highest BCUT2D eigenvalue weighted by molar-refractivity contribution is 7.11. The average Bonchev–Trinajstić information content (AvgIpc) is 2.42. The molecule has 1 rings (SSSR count). The molecule has 1 heterocycles. The summed E-state index contributed by atoms with van der Waals surface area (Å²) in [5.74, 6) is 0.139. The first-order valence-electron chi connectivity index (χ1n) is 4.75. The molecule has 0 unspecified atom stereocenters. The number of hydrogen-bond donors (Lipinski definition) is 0. The topological polar surface area (TPSA) is 30.0 Å². The molecular formula is C11H15NOS. The van der Waals surface area contributed by atoms with Crippen molar-refractivity contribution < 1.29 is 4.79 Å². The minimum Gasteiger partial charge on any atom is -0.294 e. The summed E-state index contributed by atoms with van der Waals surface area (Å²) in [5.41, 5.74) is 1.04. The summed E-state index contributed by atoms with van der Waals surface area (Å²) >= 11 is 1.61. The van der Waals surface area contributed by atoms with E-state index < -0.39 is 0 Å². The van der Waals surface area contributed by atoms with Crippen LogP contribution in [0.1, 0.15) is 28.9 Å². The van der Waals surface area contributed by atoms with Crippen LogP contribution in [0.15, 0.2) is 12.2 Å². The molecular weight excluding hydrogens is 194 g/mol. The Kier molecular flexibility index (Phi) is 4.01. The number of hydrogen-bond acceptors (Lipinski definition) is 3. The normalized spacial score (nSPS) is 11.1. The summed E-state index contributed by atoms with van der Waals surface area (Å²) in [6.07, 6.45) is 4.87. The van der Waals surface area contributed by atoms with Gasteiger partial charge in [0.15, 0.2) is 5.78 Å². The van der Waals surface area contributed by atoms with Crippen molar-refractivity contribution in [1.29, 1.82) is 0 Å². The van der Waals surface area contributed by atoms with Gasteiger partial charge in [0, 0.05) is 4.88 Å². The Hall–Kier alpha value is -0.960. The largest absolute Gasteiger partial charge is 0.294 e. The molecule has 0 saturated heterocycles. The van der Waals surface area contributed by atoms with Crippen molar-refractivity contribution in [2.24, 2.45) is 0 Å². The third kappa shape index (κ3) is 3.07. The lowest BCUT2D eigenvalue weighted by molar-refractivity contribution is -0.114. The van der Waals surface area contributed by atoms with Crippen molar-refractivity contribution in [3.63, 3.8) is 0 Å².